The summed E-state index contributed by atoms with van der Waals surface area (Å²) in [6.45, 7) is 6.66. The van der Waals surface area contributed by atoms with Crippen molar-refractivity contribution in [2.45, 2.75) is 25.9 Å². The first kappa shape index (κ1) is 21.9. The van der Waals surface area contributed by atoms with Crippen LogP contribution in [0.25, 0.3) is 0 Å². The summed E-state index contributed by atoms with van der Waals surface area (Å²) in [5, 5.41) is 4.47. The highest BCUT2D eigenvalue weighted by atomic mass is 35.5. The first-order valence-electron chi connectivity index (χ1n) is 9.60. The molecule has 0 amide bonds. The minimum atomic E-state index is -0.0407. The standard InChI is InChI=1S/C24H25ClN2O2S/c1-17(2)15-23(18-10-12-19(28-3)13-11-18)27(16-20-7-6-14-29-20)24(30)26-22-9-5-4-8-21(22)25/h4-14,23H,1,15-16H2,2-3H3,(H,26,30). The fraction of sp³-hybridized carbons (Fsp3) is 0.208. The largest absolute Gasteiger partial charge is 0.497 e. The lowest BCUT2D eigenvalue weighted by Crippen LogP contribution is -2.37. The molecule has 30 heavy (non-hydrogen) atoms. The SMILES string of the molecule is C=C(C)CC(c1ccc(OC)cc1)N(Cc1ccco1)C(=S)Nc1ccccc1Cl. The van der Waals surface area contributed by atoms with Gasteiger partial charge in [-0.05, 0) is 67.5 Å². The Labute approximate surface area is 188 Å². The van der Waals surface area contributed by atoms with E-state index in [1.54, 1.807) is 13.4 Å². The van der Waals surface area contributed by atoms with Crippen LogP contribution in [0.1, 0.15) is 30.7 Å². The number of halogens is 1. The lowest BCUT2D eigenvalue weighted by atomic mass is 9.98. The highest BCUT2D eigenvalue weighted by molar-refractivity contribution is 7.80. The number of anilines is 1. The molecule has 0 aliphatic carbocycles. The normalized spacial score (nSPS) is 11.6. The molecule has 0 aliphatic rings. The van der Waals surface area contributed by atoms with E-state index in [-0.39, 0.29) is 6.04 Å². The van der Waals surface area contributed by atoms with Crippen molar-refractivity contribution in [1.29, 1.82) is 0 Å². The molecule has 1 heterocycles. The smallest absolute Gasteiger partial charge is 0.174 e. The van der Waals surface area contributed by atoms with E-state index in [2.05, 4.69) is 28.9 Å². The third-order valence-electron chi connectivity index (χ3n) is 4.70. The number of methoxy groups -OCH3 is 1. The van der Waals surface area contributed by atoms with Gasteiger partial charge in [-0.25, -0.2) is 0 Å². The van der Waals surface area contributed by atoms with Crippen LogP contribution in [0.4, 0.5) is 5.69 Å². The average Bonchev–Trinajstić information content (AvgIpc) is 3.25. The molecular formula is C24H25ClN2O2S. The van der Waals surface area contributed by atoms with E-state index in [0.29, 0.717) is 16.7 Å². The van der Waals surface area contributed by atoms with Gasteiger partial charge in [0.25, 0.3) is 0 Å². The zero-order chi connectivity index (χ0) is 21.5. The number of ether oxygens (including phenoxy) is 1. The van der Waals surface area contributed by atoms with Crippen LogP contribution < -0.4 is 10.1 Å². The molecule has 0 saturated heterocycles. The van der Waals surface area contributed by atoms with Gasteiger partial charge in [-0.2, -0.15) is 0 Å². The lowest BCUT2D eigenvalue weighted by molar-refractivity contribution is 0.284. The molecule has 1 N–H and O–H groups in total. The van der Waals surface area contributed by atoms with Crippen molar-refractivity contribution in [2.24, 2.45) is 0 Å². The molecule has 0 aliphatic heterocycles. The molecule has 4 nitrogen and oxygen atoms in total. The summed E-state index contributed by atoms with van der Waals surface area (Å²) in [5.41, 5.74) is 2.92. The predicted octanol–water partition coefficient (Wildman–Crippen LogP) is 6.85. The van der Waals surface area contributed by atoms with Crippen LogP contribution in [0.5, 0.6) is 5.75 Å². The number of nitrogens with one attached hydrogen (secondary N) is 1. The van der Waals surface area contributed by atoms with Gasteiger partial charge in [-0.1, -0.05) is 41.4 Å². The van der Waals surface area contributed by atoms with Gasteiger partial charge in [0.1, 0.15) is 11.5 Å². The van der Waals surface area contributed by atoms with E-state index in [0.717, 1.165) is 34.8 Å². The summed E-state index contributed by atoms with van der Waals surface area (Å²) in [7, 11) is 1.66. The van der Waals surface area contributed by atoms with E-state index >= 15 is 0 Å². The number of furan rings is 1. The Bertz CT molecular complexity index is 987. The van der Waals surface area contributed by atoms with Crippen LogP contribution in [0.15, 0.2) is 83.5 Å². The number of nitrogens with zero attached hydrogens (tertiary/aromatic N) is 1. The second kappa shape index (κ2) is 10.3. The van der Waals surface area contributed by atoms with Crippen molar-refractivity contribution in [3.63, 3.8) is 0 Å². The second-order valence-electron chi connectivity index (χ2n) is 7.07. The summed E-state index contributed by atoms with van der Waals surface area (Å²) in [6, 6.07) is 19.3. The van der Waals surface area contributed by atoms with Gasteiger partial charge in [0.15, 0.2) is 5.11 Å². The zero-order valence-corrected chi connectivity index (χ0v) is 18.7. The molecule has 0 radical (unpaired) electrons. The third kappa shape index (κ3) is 5.65. The van der Waals surface area contributed by atoms with Crippen LogP contribution in [0, 0.1) is 0 Å². The summed E-state index contributed by atoms with van der Waals surface area (Å²) in [5.74, 6) is 1.63. The Hall–Kier alpha value is -2.76. The minimum absolute atomic E-state index is 0.0407. The highest BCUT2D eigenvalue weighted by Gasteiger charge is 2.25. The molecule has 3 rings (SSSR count). The molecule has 0 saturated carbocycles. The van der Waals surface area contributed by atoms with Crippen molar-refractivity contribution in [2.75, 3.05) is 12.4 Å². The molecule has 2 aromatic carbocycles. The van der Waals surface area contributed by atoms with Gasteiger partial charge in [0.2, 0.25) is 0 Å². The van der Waals surface area contributed by atoms with Crippen LogP contribution >= 0.6 is 23.8 Å². The number of hydrogen-bond donors (Lipinski definition) is 1. The molecule has 1 atom stereocenters. The summed E-state index contributed by atoms with van der Waals surface area (Å²) in [4.78, 5) is 2.11. The lowest BCUT2D eigenvalue weighted by Gasteiger charge is -2.34. The molecule has 6 heteroatoms. The quantitative estimate of drug-likeness (QED) is 0.306. The van der Waals surface area contributed by atoms with E-state index < -0.39 is 0 Å². The summed E-state index contributed by atoms with van der Waals surface area (Å²) in [6.07, 6.45) is 2.40. The Morgan fingerprint density at radius 2 is 1.90 bits per heavy atom. The monoisotopic (exact) mass is 440 g/mol. The van der Waals surface area contributed by atoms with Crippen molar-refractivity contribution in [1.82, 2.24) is 4.90 Å². The second-order valence-corrected chi connectivity index (χ2v) is 7.86. The fourth-order valence-electron chi connectivity index (χ4n) is 3.21. The molecule has 0 spiro atoms. The molecular weight excluding hydrogens is 416 g/mol. The highest BCUT2D eigenvalue weighted by Crippen LogP contribution is 2.32. The Morgan fingerprint density at radius 1 is 1.17 bits per heavy atom. The van der Waals surface area contributed by atoms with Crippen molar-refractivity contribution >= 4 is 34.6 Å². The van der Waals surface area contributed by atoms with Crippen LogP contribution in [-0.4, -0.2) is 17.1 Å². The summed E-state index contributed by atoms with van der Waals surface area (Å²) < 4.78 is 10.9. The third-order valence-corrected chi connectivity index (χ3v) is 5.37. The maximum Gasteiger partial charge on any atom is 0.174 e. The van der Waals surface area contributed by atoms with Crippen LogP contribution in [-0.2, 0) is 6.54 Å². The molecule has 3 aromatic rings. The number of para-hydroxylation sites is 1. The van der Waals surface area contributed by atoms with Crippen LogP contribution in [0.3, 0.4) is 0 Å². The van der Waals surface area contributed by atoms with Gasteiger partial charge in [0, 0.05) is 0 Å². The molecule has 0 fully saturated rings. The number of benzene rings is 2. The topological polar surface area (TPSA) is 37.6 Å². The van der Waals surface area contributed by atoms with E-state index in [9.17, 15) is 0 Å². The van der Waals surface area contributed by atoms with Crippen LogP contribution in [0.2, 0.25) is 5.02 Å². The van der Waals surface area contributed by atoms with E-state index in [4.69, 9.17) is 33.0 Å². The first-order chi connectivity index (χ1) is 14.5. The summed E-state index contributed by atoms with van der Waals surface area (Å²) >= 11 is 12.2. The number of thiocarbonyl (C=S) groups is 1. The van der Waals surface area contributed by atoms with Crippen molar-refractivity contribution in [3.05, 3.63) is 95.4 Å². The maximum absolute atomic E-state index is 6.34. The van der Waals surface area contributed by atoms with E-state index in [1.807, 2.05) is 55.5 Å². The predicted molar refractivity (Wildman–Crippen MR) is 127 cm³/mol. The van der Waals surface area contributed by atoms with E-state index in [1.165, 1.54) is 0 Å². The van der Waals surface area contributed by atoms with Gasteiger partial charge >= 0.3 is 0 Å². The Kier molecular flexibility index (Phi) is 7.55. The van der Waals surface area contributed by atoms with Gasteiger partial charge in [-0.3, -0.25) is 0 Å². The number of hydrogen-bond acceptors (Lipinski definition) is 3. The van der Waals surface area contributed by atoms with Crippen molar-refractivity contribution in [3.8, 4) is 5.75 Å². The molecule has 156 valence electrons. The van der Waals surface area contributed by atoms with Gasteiger partial charge in [-0.15, -0.1) is 6.58 Å². The van der Waals surface area contributed by atoms with Gasteiger partial charge in [0.05, 0.1) is 36.7 Å². The Balaban J connectivity index is 1.96. The minimum Gasteiger partial charge on any atom is -0.497 e. The van der Waals surface area contributed by atoms with Gasteiger partial charge < -0.3 is 19.4 Å². The first-order valence-corrected chi connectivity index (χ1v) is 10.4. The Morgan fingerprint density at radius 3 is 2.50 bits per heavy atom. The van der Waals surface area contributed by atoms with Crippen molar-refractivity contribution < 1.29 is 9.15 Å². The molecule has 1 unspecified atom stereocenters. The fourth-order valence-corrected chi connectivity index (χ4v) is 3.69. The maximum atomic E-state index is 6.34. The zero-order valence-electron chi connectivity index (χ0n) is 17.1. The number of rotatable bonds is 8. The molecule has 1 aromatic heterocycles. The molecule has 0 bridgehead atoms. The average molecular weight is 441 g/mol.